The van der Waals surface area contributed by atoms with Crippen LogP contribution in [0.1, 0.15) is 12.3 Å². The Hall–Kier alpha value is -7.23. The van der Waals surface area contributed by atoms with Gasteiger partial charge in [-0.2, -0.15) is 0 Å². The van der Waals surface area contributed by atoms with Gasteiger partial charge in [0.25, 0.3) is 0 Å². The van der Waals surface area contributed by atoms with Crippen molar-refractivity contribution in [2.75, 3.05) is 0 Å². The van der Waals surface area contributed by atoms with Crippen LogP contribution in [0.15, 0.2) is 200 Å². The number of nitrogens with zero attached hydrogens (tertiary/aromatic N) is 3. The van der Waals surface area contributed by atoms with E-state index in [1.165, 1.54) is 16.2 Å². The first-order chi connectivity index (χ1) is 30.5. The lowest BCUT2D eigenvalue weighted by atomic mass is 9.92. The van der Waals surface area contributed by atoms with E-state index in [2.05, 4.69) is 66.7 Å². The summed E-state index contributed by atoms with van der Waals surface area (Å²) >= 11 is 0. The number of aromatic nitrogens is 3. The van der Waals surface area contributed by atoms with Gasteiger partial charge in [0.1, 0.15) is 0 Å². The van der Waals surface area contributed by atoms with Gasteiger partial charge in [0.15, 0.2) is 17.5 Å². The van der Waals surface area contributed by atoms with Crippen molar-refractivity contribution in [3.8, 4) is 67.5 Å². The average molecular weight is 697 g/mol. The van der Waals surface area contributed by atoms with Crippen molar-refractivity contribution in [1.82, 2.24) is 15.0 Å². The topological polar surface area (TPSA) is 38.7 Å². The van der Waals surface area contributed by atoms with Crippen LogP contribution in [0.2, 0.25) is 0 Å². The minimum Gasteiger partial charge on any atom is -0.208 e. The quantitative estimate of drug-likeness (QED) is 0.162. The largest absolute Gasteiger partial charge is 0.208 e. The van der Waals surface area contributed by atoms with E-state index >= 15 is 0 Å². The highest BCUT2D eigenvalue weighted by Crippen LogP contribution is 2.38. The third kappa shape index (κ3) is 5.69. The summed E-state index contributed by atoms with van der Waals surface area (Å²) < 4.78 is 78.3. The third-order valence-corrected chi connectivity index (χ3v) is 9.69. The summed E-state index contributed by atoms with van der Waals surface area (Å²) in [5.41, 5.74) is 3.78. The molecule has 0 N–H and O–H groups in total. The second-order valence-corrected chi connectivity index (χ2v) is 12.9. The summed E-state index contributed by atoms with van der Waals surface area (Å²) in [6.45, 7) is 0. The lowest BCUT2D eigenvalue weighted by Crippen LogP contribution is -2.01. The normalized spacial score (nSPS) is 13.7. The van der Waals surface area contributed by atoms with Crippen LogP contribution in [-0.4, -0.2) is 15.0 Å². The zero-order valence-corrected chi connectivity index (χ0v) is 28.7. The van der Waals surface area contributed by atoms with Crippen molar-refractivity contribution in [3.05, 3.63) is 200 Å². The SMILES string of the molecule is [2H]c1c([2H])c([2H])c(-c2c([2H])c([2H])c(-c3nc(-c4cccc(-c5ccc6c7ccccc7c7ccccc7c6c5)c4)nc(-c4ccccc4-c4ccccc4)n3)c([2H])c2[2H])c([2H])c1[2H]. The molecule has 0 aliphatic carbocycles. The molecule has 0 amide bonds. The van der Waals surface area contributed by atoms with E-state index in [-0.39, 0.29) is 23.0 Å². The summed E-state index contributed by atoms with van der Waals surface area (Å²) in [6.07, 6.45) is 0. The molecule has 0 aliphatic rings. The summed E-state index contributed by atoms with van der Waals surface area (Å²) in [4.78, 5) is 14.7. The van der Waals surface area contributed by atoms with Crippen molar-refractivity contribution in [2.45, 2.75) is 0 Å². The predicted molar refractivity (Wildman–Crippen MR) is 225 cm³/mol. The van der Waals surface area contributed by atoms with E-state index in [1.54, 1.807) is 0 Å². The fourth-order valence-corrected chi connectivity index (χ4v) is 7.13. The molecule has 54 heavy (non-hydrogen) atoms. The molecule has 3 nitrogen and oxygen atoms in total. The molecule has 0 saturated heterocycles. The lowest BCUT2D eigenvalue weighted by molar-refractivity contribution is 1.07. The zero-order chi connectivity index (χ0) is 43.7. The first-order valence-electron chi connectivity index (χ1n) is 22.0. The maximum atomic E-state index is 9.25. The number of hydrogen-bond acceptors (Lipinski definition) is 3. The summed E-state index contributed by atoms with van der Waals surface area (Å²) in [5, 5.41) is 6.93. The number of benzene rings is 9. The van der Waals surface area contributed by atoms with E-state index in [1.807, 2.05) is 78.9 Å². The van der Waals surface area contributed by atoms with Gasteiger partial charge in [-0.05, 0) is 77.8 Å². The minimum atomic E-state index is -0.650. The van der Waals surface area contributed by atoms with E-state index < -0.39 is 65.5 Å². The van der Waals surface area contributed by atoms with E-state index in [0.29, 0.717) is 11.1 Å². The van der Waals surface area contributed by atoms with Gasteiger partial charge in [0.2, 0.25) is 0 Å². The molecule has 252 valence electrons. The maximum Gasteiger partial charge on any atom is 0.164 e. The molecule has 0 fully saturated rings. The first-order valence-corrected chi connectivity index (χ1v) is 17.5. The Balaban J connectivity index is 1.18. The Morgan fingerprint density at radius 3 is 1.46 bits per heavy atom. The molecule has 10 rings (SSSR count). The molecule has 9 aromatic carbocycles. The molecule has 0 bridgehead atoms. The summed E-state index contributed by atoms with van der Waals surface area (Å²) in [7, 11) is 0. The molecule has 0 unspecified atom stereocenters. The van der Waals surface area contributed by atoms with E-state index in [4.69, 9.17) is 24.5 Å². The van der Waals surface area contributed by atoms with Crippen molar-refractivity contribution in [1.29, 1.82) is 0 Å². The first kappa shape index (κ1) is 23.4. The predicted octanol–water partition coefficient (Wildman–Crippen LogP) is 13.3. The van der Waals surface area contributed by atoms with Crippen LogP contribution in [0.5, 0.6) is 0 Å². The van der Waals surface area contributed by atoms with Crippen LogP contribution in [0.4, 0.5) is 0 Å². The van der Waals surface area contributed by atoms with Gasteiger partial charge in [-0.1, -0.05) is 188 Å². The molecule has 0 aliphatic heterocycles. The van der Waals surface area contributed by atoms with Gasteiger partial charge >= 0.3 is 0 Å². The molecule has 1 aromatic heterocycles. The number of hydrogen-bond donors (Lipinski definition) is 0. The molecule has 0 spiro atoms. The van der Waals surface area contributed by atoms with E-state index in [0.717, 1.165) is 38.4 Å². The Morgan fingerprint density at radius 2 is 0.759 bits per heavy atom. The lowest BCUT2D eigenvalue weighted by Gasteiger charge is -2.13. The standard InChI is InChI=1S/C51H33N3/c1-3-14-34(15-4-1)35-26-28-37(29-27-35)49-52-50(54-51(53-49)47-25-12-7-20-41(47)36-16-5-2-6-17-36)40-19-13-18-38(32-40)39-30-31-46-44-23-9-8-21-42(44)43-22-10-11-24-45(43)48(46)33-39/h1-33H/i1D,3D,4D,14D,15D,26D,27D,28D,29D. The van der Waals surface area contributed by atoms with Crippen molar-refractivity contribution < 1.29 is 12.3 Å². The summed E-state index contributed by atoms with van der Waals surface area (Å²) in [5.74, 6) is 0.330. The van der Waals surface area contributed by atoms with Crippen molar-refractivity contribution in [3.63, 3.8) is 0 Å². The molecule has 10 aromatic rings. The van der Waals surface area contributed by atoms with E-state index in [9.17, 15) is 2.74 Å². The van der Waals surface area contributed by atoms with Crippen molar-refractivity contribution in [2.24, 2.45) is 0 Å². The molecule has 0 atom stereocenters. The Labute approximate surface area is 326 Å². The van der Waals surface area contributed by atoms with Crippen molar-refractivity contribution >= 4 is 32.3 Å². The third-order valence-electron chi connectivity index (χ3n) is 9.69. The van der Waals surface area contributed by atoms with Crippen LogP contribution in [0, 0.1) is 0 Å². The highest BCUT2D eigenvalue weighted by molar-refractivity contribution is 6.25. The highest BCUT2D eigenvalue weighted by atomic mass is 15.0. The number of rotatable bonds is 6. The fraction of sp³-hybridized carbons (Fsp3) is 0. The molecular formula is C51H33N3. The second-order valence-electron chi connectivity index (χ2n) is 12.9. The van der Waals surface area contributed by atoms with Gasteiger partial charge in [-0.25, -0.2) is 15.0 Å². The molecule has 0 saturated carbocycles. The van der Waals surface area contributed by atoms with Crippen LogP contribution in [0.3, 0.4) is 0 Å². The molecule has 1 heterocycles. The fourth-order valence-electron chi connectivity index (χ4n) is 7.13. The van der Waals surface area contributed by atoms with Gasteiger partial charge in [0.05, 0.1) is 12.3 Å². The second kappa shape index (κ2) is 13.4. The van der Waals surface area contributed by atoms with Crippen LogP contribution in [0.25, 0.3) is 99.9 Å². The van der Waals surface area contributed by atoms with Gasteiger partial charge in [-0.3, -0.25) is 0 Å². The summed E-state index contributed by atoms with van der Waals surface area (Å²) in [6, 6.07) is 42.9. The highest BCUT2D eigenvalue weighted by Gasteiger charge is 2.17. The molecule has 3 heteroatoms. The maximum absolute atomic E-state index is 9.25. The number of fused-ring (bicyclic) bond motifs is 6. The van der Waals surface area contributed by atoms with Crippen LogP contribution in [-0.2, 0) is 0 Å². The minimum absolute atomic E-state index is 0.128. The average Bonchev–Trinajstić information content (AvgIpc) is 3.33. The molecule has 0 radical (unpaired) electrons. The van der Waals surface area contributed by atoms with Gasteiger partial charge < -0.3 is 0 Å². The molecular weight excluding hydrogens is 655 g/mol. The monoisotopic (exact) mass is 696 g/mol. The Bertz CT molecular complexity index is 3430. The smallest absolute Gasteiger partial charge is 0.164 e. The zero-order valence-electron chi connectivity index (χ0n) is 37.7. The Morgan fingerprint density at radius 1 is 0.278 bits per heavy atom. The Kier molecular flexibility index (Phi) is 5.79. The van der Waals surface area contributed by atoms with Crippen LogP contribution < -0.4 is 0 Å². The van der Waals surface area contributed by atoms with Gasteiger partial charge in [-0.15, -0.1) is 0 Å². The van der Waals surface area contributed by atoms with Gasteiger partial charge in [0, 0.05) is 16.7 Å². The van der Waals surface area contributed by atoms with Crippen LogP contribution >= 0.6 is 0 Å².